The van der Waals surface area contributed by atoms with E-state index in [-0.39, 0.29) is 0 Å². The molecule has 2 aromatic carbocycles. The third kappa shape index (κ3) is 5.03. The summed E-state index contributed by atoms with van der Waals surface area (Å²) in [6, 6.07) is 22.9. The molecule has 0 aliphatic rings. The zero-order chi connectivity index (χ0) is 17.5. The minimum Gasteiger partial charge on any atom is -0.468 e. The highest BCUT2D eigenvalue weighted by atomic mass is 16.3. The van der Waals surface area contributed by atoms with Gasteiger partial charge in [0.1, 0.15) is 5.76 Å². The average molecular weight is 337 g/mol. The Morgan fingerprint density at radius 3 is 1.68 bits per heavy atom. The summed E-state index contributed by atoms with van der Waals surface area (Å²) >= 11 is 0. The molecule has 2 atom stereocenters. The Morgan fingerprint density at radius 2 is 1.24 bits per heavy atom. The van der Waals surface area contributed by atoms with Gasteiger partial charge in [-0.25, -0.2) is 0 Å². The topological polar surface area (TPSA) is 56.8 Å². The van der Waals surface area contributed by atoms with Gasteiger partial charge in [-0.3, -0.25) is 4.90 Å². The molecule has 4 nitrogen and oxygen atoms in total. The number of hydrogen-bond acceptors (Lipinski definition) is 4. The van der Waals surface area contributed by atoms with Crippen molar-refractivity contribution >= 4 is 0 Å². The summed E-state index contributed by atoms with van der Waals surface area (Å²) in [4.78, 5) is 2.01. The Hall–Kier alpha value is -2.40. The van der Waals surface area contributed by atoms with Crippen molar-refractivity contribution in [2.45, 2.75) is 18.8 Å². The fourth-order valence-corrected chi connectivity index (χ4v) is 2.88. The number of nitrogens with zero attached hydrogens (tertiary/aromatic N) is 1. The summed E-state index contributed by atoms with van der Waals surface area (Å²) in [5.74, 6) is 0.806. The molecule has 1 heterocycles. The van der Waals surface area contributed by atoms with Crippen LogP contribution in [0.2, 0.25) is 0 Å². The van der Waals surface area contributed by atoms with Gasteiger partial charge in [-0.1, -0.05) is 60.7 Å². The Labute approximate surface area is 148 Å². The summed E-state index contributed by atoms with van der Waals surface area (Å²) in [6.45, 7) is 1.35. The van der Waals surface area contributed by atoms with Gasteiger partial charge in [-0.2, -0.15) is 0 Å². The first-order valence-electron chi connectivity index (χ1n) is 8.43. The number of aliphatic hydroxyl groups is 2. The predicted molar refractivity (Wildman–Crippen MR) is 96.8 cm³/mol. The Kier molecular flexibility index (Phi) is 6.01. The van der Waals surface area contributed by atoms with Crippen LogP contribution in [0, 0.1) is 0 Å². The zero-order valence-corrected chi connectivity index (χ0v) is 14.0. The van der Waals surface area contributed by atoms with Crippen LogP contribution in [-0.4, -0.2) is 28.2 Å². The molecule has 0 saturated heterocycles. The molecule has 4 heteroatoms. The standard InChI is InChI=1S/C21H23NO3/c23-20(17-8-3-1-4-9-17)15-22(14-19-12-7-13-25-19)16-21(24)18-10-5-2-6-11-18/h1-13,20-21,23-24H,14-16H2/t20-,21-/m0/s1. The van der Waals surface area contributed by atoms with Crippen LogP contribution in [0.3, 0.4) is 0 Å². The molecule has 0 spiro atoms. The van der Waals surface area contributed by atoms with Crippen LogP contribution >= 0.6 is 0 Å². The van der Waals surface area contributed by atoms with Crippen LogP contribution in [0.15, 0.2) is 83.5 Å². The molecule has 0 bridgehead atoms. The van der Waals surface area contributed by atoms with Gasteiger partial charge < -0.3 is 14.6 Å². The molecule has 3 aromatic rings. The highest BCUT2D eigenvalue weighted by Crippen LogP contribution is 2.20. The van der Waals surface area contributed by atoms with E-state index in [1.165, 1.54) is 0 Å². The minimum atomic E-state index is -0.626. The molecular weight excluding hydrogens is 314 g/mol. The number of benzene rings is 2. The van der Waals surface area contributed by atoms with Gasteiger partial charge in [0.25, 0.3) is 0 Å². The largest absolute Gasteiger partial charge is 0.468 e. The van der Waals surface area contributed by atoms with E-state index in [4.69, 9.17) is 4.42 Å². The maximum atomic E-state index is 10.5. The second-order valence-electron chi connectivity index (χ2n) is 6.13. The first kappa shape index (κ1) is 17.4. The van der Waals surface area contributed by atoms with Gasteiger partial charge in [-0.15, -0.1) is 0 Å². The van der Waals surface area contributed by atoms with Gasteiger partial charge in [0.05, 0.1) is 25.0 Å². The van der Waals surface area contributed by atoms with Gasteiger partial charge >= 0.3 is 0 Å². The van der Waals surface area contributed by atoms with Gasteiger partial charge in [0.15, 0.2) is 0 Å². The lowest BCUT2D eigenvalue weighted by molar-refractivity contribution is 0.0611. The van der Waals surface area contributed by atoms with E-state index in [1.807, 2.05) is 77.7 Å². The van der Waals surface area contributed by atoms with Crippen molar-refractivity contribution in [3.05, 3.63) is 95.9 Å². The molecule has 130 valence electrons. The summed E-state index contributed by atoms with van der Waals surface area (Å²) in [7, 11) is 0. The lowest BCUT2D eigenvalue weighted by atomic mass is 10.1. The molecule has 0 fully saturated rings. The van der Waals surface area contributed by atoms with Crippen molar-refractivity contribution in [2.24, 2.45) is 0 Å². The molecule has 0 aliphatic heterocycles. The second kappa shape index (κ2) is 8.62. The minimum absolute atomic E-state index is 0.411. The number of hydrogen-bond donors (Lipinski definition) is 2. The van der Waals surface area contributed by atoms with Gasteiger partial charge in [-0.05, 0) is 23.3 Å². The van der Waals surface area contributed by atoms with E-state index in [1.54, 1.807) is 6.26 Å². The Balaban J connectivity index is 1.70. The van der Waals surface area contributed by atoms with E-state index in [0.29, 0.717) is 19.6 Å². The summed E-state index contributed by atoms with van der Waals surface area (Å²) in [5.41, 5.74) is 1.72. The normalized spacial score (nSPS) is 13.7. The molecule has 0 aliphatic carbocycles. The molecule has 0 unspecified atom stereocenters. The maximum absolute atomic E-state index is 10.5. The molecule has 0 saturated carbocycles. The van der Waals surface area contributed by atoms with Crippen LogP contribution in [0.5, 0.6) is 0 Å². The lowest BCUT2D eigenvalue weighted by Gasteiger charge is -2.27. The van der Waals surface area contributed by atoms with Crippen molar-refractivity contribution in [1.82, 2.24) is 4.90 Å². The second-order valence-corrected chi connectivity index (χ2v) is 6.13. The third-order valence-corrected chi connectivity index (χ3v) is 4.19. The third-order valence-electron chi connectivity index (χ3n) is 4.19. The van der Waals surface area contributed by atoms with Gasteiger partial charge in [0, 0.05) is 13.1 Å². The van der Waals surface area contributed by atoms with Gasteiger partial charge in [0.2, 0.25) is 0 Å². The summed E-state index contributed by atoms with van der Waals surface area (Å²) in [5, 5.41) is 21.1. The fraction of sp³-hybridized carbons (Fsp3) is 0.238. The molecule has 1 aromatic heterocycles. The Morgan fingerprint density at radius 1 is 0.720 bits per heavy atom. The van der Waals surface area contributed by atoms with E-state index in [2.05, 4.69) is 0 Å². The molecule has 0 amide bonds. The van der Waals surface area contributed by atoms with Crippen molar-refractivity contribution in [3.63, 3.8) is 0 Å². The Bertz CT molecular complexity index is 681. The molecule has 0 radical (unpaired) electrons. The monoisotopic (exact) mass is 337 g/mol. The van der Waals surface area contributed by atoms with E-state index < -0.39 is 12.2 Å². The first-order chi connectivity index (χ1) is 12.2. The molecular formula is C21H23NO3. The molecule has 25 heavy (non-hydrogen) atoms. The summed E-state index contributed by atoms with van der Waals surface area (Å²) in [6.07, 6.45) is 0.382. The SMILES string of the molecule is O[C@@H](CN(Cc1ccco1)C[C@H](O)c1ccccc1)c1ccccc1. The number of furan rings is 1. The molecule has 2 N–H and O–H groups in total. The molecule has 3 rings (SSSR count). The van der Waals surface area contributed by atoms with Crippen molar-refractivity contribution in [2.75, 3.05) is 13.1 Å². The number of aliphatic hydroxyl groups excluding tert-OH is 2. The summed E-state index contributed by atoms with van der Waals surface area (Å²) < 4.78 is 5.43. The van der Waals surface area contributed by atoms with E-state index >= 15 is 0 Å². The number of rotatable bonds is 8. The highest BCUT2D eigenvalue weighted by Gasteiger charge is 2.19. The van der Waals surface area contributed by atoms with Crippen molar-refractivity contribution in [3.8, 4) is 0 Å². The van der Waals surface area contributed by atoms with Crippen LogP contribution in [-0.2, 0) is 6.54 Å². The fourth-order valence-electron chi connectivity index (χ4n) is 2.88. The van der Waals surface area contributed by atoms with Crippen LogP contribution in [0.1, 0.15) is 29.1 Å². The van der Waals surface area contributed by atoms with Crippen LogP contribution in [0.25, 0.3) is 0 Å². The lowest BCUT2D eigenvalue weighted by Crippen LogP contribution is -2.32. The predicted octanol–water partition coefficient (Wildman–Crippen LogP) is 3.55. The van der Waals surface area contributed by atoms with E-state index in [0.717, 1.165) is 16.9 Å². The zero-order valence-electron chi connectivity index (χ0n) is 14.0. The first-order valence-corrected chi connectivity index (χ1v) is 8.43. The average Bonchev–Trinajstić information content (AvgIpc) is 3.16. The van der Waals surface area contributed by atoms with Crippen molar-refractivity contribution < 1.29 is 14.6 Å². The van der Waals surface area contributed by atoms with Crippen LogP contribution < -0.4 is 0 Å². The van der Waals surface area contributed by atoms with Crippen LogP contribution in [0.4, 0.5) is 0 Å². The maximum Gasteiger partial charge on any atom is 0.117 e. The smallest absolute Gasteiger partial charge is 0.117 e. The van der Waals surface area contributed by atoms with E-state index in [9.17, 15) is 10.2 Å². The van der Waals surface area contributed by atoms with Crippen molar-refractivity contribution in [1.29, 1.82) is 0 Å². The highest BCUT2D eigenvalue weighted by molar-refractivity contribution is 5.19. The quantitative estimate of drug-likeness (QED) is 0.660.